The molecule has 0 aliphatic heterocycles. The zero-order valence-electron chi connectivity index (χ0n) is 14.5. The number of rotatable bonds is 11. The normalized spacial score (nSPS) is 24.2. The maximum Gasteiger partial charge on any atom is 0.304 e. The first-order chi connectivity index (χ1) is 11.0. The molecular weight excluding hydrogens is 292 g/mol. The summed E-state index contributed by atoms with van der Waals surface area (Å²) >= 11 is 0. The molecule has 0 amide bonds. The number of aliphatic hydroxyl groups is 1. The predicted octanol–water partition coefficient (Wildman–Crippen LogP) is 3.97. The highest BCUT2D eigenvalue weighted by Crippen LogP contribution is 2.33. The maximum absolute atomic E-state index is 11.8. The first-order valence-electron chi connectivity index (χ1n) is 9.10. The second-order valence-electron chi connectivity index (χ2n) is 6.79. The lowest BCUT2D eigenvalue weighted by Gasteiger charge is -2.21. The molecule has 0 spiro atoms. The van der Waals surface area contributed by atoms with Gasteiger partial charge < -0.3 is 10.2 Å². The van der Waals surface area contributed by atoms with Crippen LogP contribution in [0.1, 0.15) is 71.6 Å². The zero-order chi connectivity index (χ0) is 17.2. The van der Waals surface area contributed by atoms with Crippen LogP contribution in [-0.4, -0.2) is 28.1 Å². The minimum Gasteiger partial charge on any atom is -0.481 e. The summed E-state index contributed by atoms with van der Waals surface area (Å²) in [6.45, 7) is 4.30. The molecule has 4 heteroatoms. The highest BCUT2D eigenvalue weighted by atomic mass is 16.4. The second kappa shape index (κ2) is 10.6. The number of allylic oxidation sites excluding steroid dienone is 1. The van der Waals surface area contributed by atoms with Crippen molar-refractivity contribution < 1.29 is 19.8 Å². The fourth-order valence-corrected chi connectivity index (χ4v) is 3.54. The smallest absolute Gasteiger partial charge is 0.304 e. The van der Waals surface area contributed by atoms with Crippen LogP contribution in [0.5, 0.6) is 0 Å². The van der Waals surface area contributed by atoms with E-state index in [-0.39, 0.29) is 24.0 Å². The molecule has 0 aromatic carbocycles. The number of hydrogen-bond donors (Lipinski definition) is 2. The first-order valence-corrected chi connectivity index (χ1v) is 9.10. The van der Waals surface area contributed by atoms with Gasteiger partial charge >= 0.3 is 5.97 Å². The average molecular weight is 324 g/mol. The number of hydrogen-bond acceptors (Lipinski definition) is 3. The van der Waals surface area contributed by atoms with Crippen LogP contribution in [0.2, 0.25) is 0 Å². The van der Waals surface area contributed by atoms with E-state index in [1.165, 1.54) is 12.8 Å². The van der Waals surface area contributed by atoms with E-state index >= 15 is 0 Å². The summed E-state index contributed by atoms with van der Waals surface area (Å²) in [4.78, 5) is 22.7. The molecule has 1 saturated carbocycles. The SMILES string of the molecule is CCCCCC(CCC)C(O)C=C[C@@H]1CCC(=O)[C@H]1CC(=O)O. The predicted molar refractivity (Wildman–Crippen MR) is 91.2 cm³/mol. The fourth-order valence-electron chi connectivity index (χ4n) is 3.54. The van der Waals surface area contributed by atoms with Crippen LogP contribution in [0.3, 0.4) is 0 Å². The molecule has 0 aromatic rings. The van der Waals surface area contributed by atoms with Crippen molar-refractivity contribution >= 4 is 11.8 Å². The summed E-state index contributed by atoms with van der Waals surface area (Å²) < 4.78 is 0. The van der Waals surface area contributed by atoms with E-state index in [0.29, 0.717) is 12.8 Å². The number of ketones is 1. The third-order valence-electron chi connectivity index (χ3n) is 4.93. The fraction of sp³-hybridized carbons (Fsp3) is 0.789. The summed E-state index contributed by atoms with van der Waals surface area (Å²) in [7, 11) is 0. The molecule has 4 nitrogen and oxygen atoms in total. The number of Topliss-reactive ketones (excluding diaryl/α,β-unsaturated/α-hetero) is 1. The van der Waals surface area contributed by atoms with E-state index in [0.717, 1.165) is 25.7 Å². The standard InChI is InChI=1S/C19H32O4/c1-3-5-6-8-15(7-4-2)17(20)11-9-14-10-12-18(21)16(14)13-19(22)23/h9,11,14-17,20H,3-8,10,12-13H2,1-2H3,(H,22,23)/t14-,15?,16+,17?/m1/s1. The van der Waals surface area contributed by atoms with Crippen molar-refractivity contribution in [1.29, 1.82) is 0 Å². The second-order valence-corrected chi connectivity index (χ2v) is 6.79. The van der Waals surface area contributed by atoms with Crippen LogP contribution in [-0.2, 0) is 9.59 Å². The monoisotopic (exact) mass is 324 g/mol. The minimum absolute atomic E-state index is 0.0360. The molecule has 0 radical (unpaired) electrons. The Morgan fingerprint density at radius 3 is 2.61 bits per heavy atom. The molecule has 4 atom stereocenters. The molecule has 132 valence electrons. The van der Waals surface area contributed by atoms with Gasteiger partial charge in [0.2, 0.25) is 0 Å². The molecule has 0 saturated heterocycles. The third kappa shape index (κ3) is 6.86. The average Bonchev–Trinajstić information content (AvgIpc) is 2.84. The summed E-state index contributed by atoms with van der Waals surface area (Å²) in [5.41, 5.74) is 0. The van der Waals surface area contributed by atoms with Crippen LogP contribution >= 0.6 is 0 Å². The van der Waals surface area contributed by atoms with Crippen molar-refractivity contribution in [2.24, 2.45) is 17.8 Å². The van der Waals surface area contributed by atoms with Crippen molar-refractivity contribution in [3.05, 3.63) is 12.2 Å². The summed E-state index contributed by atoms with van der Waals surface area (Å²) in [6, 6.07) is 0. The van der Waals surface area contributed by atoms with E-state index in [1.54, 1.807) is 0 Å². The quantitative estimate of drug-likeness (QED) is 0.445. The van der Waals surface area contributed by atoms with Gasteiger partial charge in [-0.05, 0) is 31.1 Å². The van der Waals surface area contributed by atoms with Crippen LogP contribution in [0.25, 0.3) is 0 Å². The number of aliphatic hydroxyl groups excluding tert-OH is 1. The number of aliphatic carboxylic acids is 1. The molecule has 1 rings (SSSR count). The molecular formula is C19H32O4. The third-order valence-corrected chi connectivity index (χ3v) is 4.93. The molecule has 1 aliphatic rings. The molecule has 23 heavy (non-hydrogen) atoms. The van der Waals surface area contributed by atoms with Crippen molar-refractivity contribution in [2.45, 2.75) is 77.7 Å². The molecule has 0 heterocycles. The van der Waals surface area contributed by atoms with Crippen molar-refractivity contribution in [2.75, 3.05) is 0 Å². The van der Waals surface area contributed by atoms with Gasteiger partial charge in [0.15, 0.2) is 0 Å². The maximum atomic E-state index is 11.8. The highest BCUT2D eigenvalue weighted by Gasteiger charge is 2.34. The van der Waals surface area contributed by atoms with Gasteiger partial charge in [-0.3, -0.25) is 9.59 Å². The Bertz CT molecular complexity index is 402. The minimum atomic E-state index is -0.923. The van der Waals surface area contributed by atoms with Crippen LogP contribution in [0, 0.1) is 17.8 Å². The van der Waals surface area contributed by atoms with Gasteiger partial charge in [-0.15, -0.1) is 0 Å². The molecule has 2 N–H and O–H groups in total. The molecule has 0 aromatic heterocycles. The summed E-state index contributed by atoms with van der Waals surface area (Å²) in [6.07, 6.45) is 10.8. The van der Waals surface area contributed by atoms with E-state index in [9.17, 15) is 14.7 Å². The number of unbranched alkanes of at least 4 members (excludes halogenated alkanes) is 2. The Hall–Kier alpha value is -1.16. The van der Waals surface area contributed by atoms with E-state index in [2.05, 4.69) is 13.8 Å². The zero-order valence-corrected chi connectivity index (χ0v) is 14.5. The van der Waals surface area contributed by atoms with Crippen LogP contribution < -0.4 is 0 Å². The highest BCUT2D eigenvalue weighted by molar-refractivity contribution is 5.87. The largest absolute Gasteiger partial charge is 0.481 e. The molecule has 1 fully saturated rings. The van der Waals surface area contributed by atoms with Crippen molar-refractivity contribution in [3.63, 3.8) is 0 Å². The molecule has 0 bridgehead atoms. The Morgan fingerprint density at radius 2 is 2.00 bits per heavy atom. The van der Waals surface area contributed by atoms with Gasteiger partial charge in [-0.2, -0.15) is 0 Å². The molecule has 1 aliphatic carbocycles. The Balaban J connectivity index is 2.60. The number of carboxylic acids is 1. The summed E-state index contributed by atoms with van der Waals surface area (Å²) in [5.74, 6) is -1.07. The van der Waals surface area contributed by atoms with E-state index in [1.807, 2.05) is 12.2 Å². The van der Waals surface area contributed by atoms with Crippen LogP contribution in [0.4, 0.5) is 0 Å². The number of carboxylic acid groups (broad SMARTS) is 1. The Kier molecular flexibility index (Phi) is 9.15. The van der Waals surface area contributed by atoms with E-state index < -0.39 is 18.0 Å². The Labute approximate surface area is 140 Å². The van der Waals surface area contributed by atoms with Gasteiger partial charge in [-0.1, -0.05) is 51.7 Å². The number of carbonyl (C=O) groups is 2. The van der Waals surface area contributed by atoms with Crippen molar-refractivity contribution in [1.82, 2.24) is 0 Å². The topological polar surface area (TPSA) is 74.6 Å². The molecule has 2 unspecified atom stereocenters. The summed E-state index contributed by atoms with van der Waals surface area (Å²) in [5, 5.41) is 19.4. The van der Waals surface area contributed by atoms with Gasteiger partial charge in [0.05, 0.1) is 12.5 Å². The van der Waals surface area contributed by atoms with Crippen LogP contribution in [0.15, 0.2) is 12.2 Å². The first kappa shape index (κ1) is 19.9. The van der Waals surface area contributed by atoms with Gasteiger partial charge in [0, 0.05) is 12.3 Å². The van der Waals surface area contributed by atoms with Crippen molar-refractivity contribution in [3.8, 4) is 0 Å². The lowest BCUT2D eigenvalue weighted by Crippen LogP contribution is -2.20. The number of carbonyl (C=O) groups excluding carboxylic acids is 1. The van der Waals surface area contributed by atoms with Gasteiger partial charge in [0.25, 0.3) is 0 Å². The van der Waals surface area contributed by atoms with Gasteiger partial charge in [0.1, 0.15) is 5.78 Å². The van der Waals surface area contributed by atoms with E-state index in [4.69, 9.17) is 5.11 Å². The lowest BCUT2D eigenvalue weighted by atomic mass is 9.88. The lowest BCUT2D eigenvalue weighted by molar-refractivity contribution is -0.140. The Morgan fingerprint density at radius 1 is 1.26 bits per heavy atom. The van der Waals surface area contributed by atoms with Gasteiger partial charge in [-0.25, -0.2) is 0 Å².